The minimum absolute atomic E-state index is 0.163. The molecular formula is C15H18O5. The lowest BCUT2D eigenvalue weighted by molar-refractivity contribution is -0.131. The molecule has 1 aromatic carbocycles. The highest BCUT2D eigenvalue weighted by molar-refractivity contribution is 5.86. The van der Waals surface area contributed by atoms with Gasteiger partial charge in [0.2, 0.25) is 0 Å². The van der Waals surface area contributed by atoms with E-state index in [1.54, 1.807) is 25.3 Å². The second-order valence-corrected chi connectivity index (χ2v) is 4.65. The van der Waals surface area contributed by atoms with Gasteiger partial charge in [-0.1, -0.05) is 0 Å². The molecule has 2 rings (SSSR count). The summed E-state index contributed by atoms with van der Waals surface area (Å²) in [4.78, 5) is 10.6. The summed E-state index contributed by atoms with van der Waals surface area (Å²) < 4.78 is 16.0. The van der Waals surface area contributed by atoms with Crippen molar-refractivity contribution in [2.75, 3.05) is 20.5 Å². The first-order valence-corrected chi connectivity index (χ1v) is 6.48. The van der Waals surface area contributed by atoms with Gasteiger partial charge in [-0.15, -0.1) is 0 Å². The number of benzene rings is 1. The van der Waals surface area contributed by atoms with Crippen LogP contribution in [-0.4, -0.2) is 31.6 Å². The van der Waals surface area contributed by atoms with E-state index in [-0.39, 0.29) is 6.79 Å². The molecule has 5 heteroatoms. The lowest BCUT2D eigenvalue weighted by atomic mass is 10.1. The topological polar surface area (TPSA) is 65.0 Å². The number of ether oxygens (including phenoxy) is 3. The number of hydrogen-bond donors (Lipinski definition) is 1. The largest absolute Gasteiger partial charge is 0.497 e. The molecule has 0 radical (unpaired) electrons. The SMILES string of the molecule is COc1ccc(OCOCC2CC2)c(/C=C/C(=O)O)c1. The second-order valence-electron chi connectivity index (χ2n) is 4.65. The predicted octanol–water partition coefficient (Wildman–Crippen LogP) is 2.56. The van der Waals surface area contributed by atoms with E-state index in [0.29, 0.717) is 23.0 Å². The summed E-state index contributed by atoms with van der Waals surface area (Å²) in [5, 5.41) is 8.69. The molecule has 0 aromatic heterocycles. The smallest absolute Gasteiger partial charge is 0.328 e. The summed E-state index contributed by atoms with van der Waals surface area (Å²) in [6.07, 6.45) is 5.00. The van der Waals surface area contributed by atoms with Crippen LogP contribution < -0.4 is 9.47 Å². The van der Waals surface area contributed by atoms with Crippen LogP contribution in [0.4, 0.5) is 0 Å². The van der Waals surface area contributed by atoms with Gasteiger partial charge < -0.3 is 19.3 Å². The highest BCUT2D eigenvalue weighted by atomic mass is 16.7. The van der Waals surface area contributed by atoms with E-state index in [4.69, 9.17) is 19.3 Å². The Kier molecular flexibility index (Phi) is 5.01. The molecule has 0 amide bonds. The molecule has 0 atom stereocenters. The van der Waals surface area contributed by atoms with Gasteiger partial charge in [0.15, 0.2) is 6.79 Å². The Morgan fingerprint density at radius 2 is 2.25 bits per heavy atom. The van der Waals surface area contributed by atoms with E-state index in [9.17, 15) is 4.79 Å². The summed E-state index contributed by atoms with van der Waals surface area (Å²) in [5.74, 6) is 0.880. The molecule has 108 valence electrons. The zero-order chi connectivity index (χ0) is 14.4. The van der Waals surface area contributed by atoms with Crippen LogP contribution >= 0.6 is 0 Å². The Balaban J connectivity index is 1.98. The minimum atomic E-state index is -1.01. The third kappa shape index (κ3) is 4.59. The van der Waals surface area contributed by atoms with Crippen LogP contribution in [0.1, 0.15) is 18.4 Å². The summed E-state index contributed by atoms with van der Waals surface area (Å²) in [6.45, 7) is 0.882. The van der Waals surface area contributed by atoms with Gasteiger partial charge in [-0.2, -0.15) is 0 Å². The van der Waals surface area contributed by atoms with Crippen LogP contribution in [0.2, 0.25) is 0 Å². The van der Waals surface area contributed by atoms with Crippen molar-refractivity contribution in [3.8, 4) is 11.5 Å². The van der Waals surface area contributed by atoms with Crippen molar-refractivity contribution in [2.45, 2.75) is 12.8 Å². The van der Waals surface area contributed by atoms with Crippen LogP contribution in [0.15, 0.2) is 24.3 Å². The fraction of sp³-hybridized carbons (Fsp3) is 0.400. The van der Waals surface area contributed by atoms with Crippen molar-refractivity contribution in [2.24, 2.45) is 5.92 Å². The fourth-order valence-corrected chi connectivity index (χ4v) is 1.68. The monoisotopic (exact) mass is 278 g/mol. The molecule has 0 spiro atoms. The van der Waals surface area contributed by atoms with E-state index in [0.717, 1.165) is 12.7 Å². The number of carboxylic acids is 1. The van der Waals surface area contributed by atoms with Crippen LogP contribution in [-0.2, 0) is 9.53 Å². The number of carboxylic acid groups (broad SMARTS) is 1. The zero-order valence-electron chi connectivity index (χ0n) is 11.4. The minimum Gasteiger partial charge on any atom is -0.497 e. The summed E-state index contributed by atoms with van der Waals surface area (Å²) in [5.41, 5.74) is 0.641. The fourth-order valence-electron chi connectivity index (χ4n) is 1.68. The van der Waals surface area contributed by atoms with Gasteiger partial charge in [-0.3, -0.25) is 0 Å². The number of methoxy groups -OCH3 is 1. The van der Waals surface area contributed by atoms with E-state index in [2.05, 4.69) is 0 Å². The summed E-state index contributed by atoms with van der Waals surface area (Å²) in [7, 11) is 1.55. The summed E-state index contributed by atoms with van der Waals surface area (Å²) in [6, 6.07) is 5.21. The Bertz CT molecular complexity index is 491. The molecule has 0 unspecified atom stereocenters. The number of carbonyl (C=O) groups is 1. The van der Waals surface area contributed by atoms with Crippen LogP contribution in [0.3, 0.4) is 0 Å². The molecule has 0 bridgehead atoms. The normalized spacial score (nSPS) is 14.4. The van der Waals surface area contributed by atoms with Crippen molar-refractivity contribution >= 4 is 12.0 Å². The van der Waals surface area contributed by atoms with Gasteiger partial charge >= 0.3 is 5.97 Å². The second kappa shape index (κ2) is 6.96. The number of rotatable bonds is 8. The standard InChI is InChI=1S/C15H18O5/c1-18-13-5-6-14(12(8-13)4-7-15(16)17)20-10-19-9-11-2-3-11/h4-8,11H,2-3,9-10H2,1H3,(H,16,17)/b7-4+. The molecule has 1 aromatic rings. The van der Waals surface area contributed by atoms with Gasteiger partial charge in [-0.25, -0.2) is 4.79 Å². The maximum atomic E-state index is 10.6. The number of hydrogen-bond acceptors (Lipinski definition) is 4. The Morgan fingerprint density at radius 3 is 2.90 bits per heavy atom. The van der Waals surface area contributed by atoms with Gasteiger partial charge in [0.1, 0.15) is 11.5 Å². The van der Waals surface area contributed by atoms with Gasteiger partial charge in [0.25, 0.3) is 0 Å². The quantitative estimate of drug-likeness (QED) is 0.450. The van der Waals surface area contributed by atoms with Crippen LogP contribution in [0.25, 0.3) is 6.08 Å². The maximum absolute atomic E-state index is 10.6. The van der Waals surface area contributed by atoms with E-state index in [1.807, 2.05) is 0 Å². The van der Waals surface area contributed by atoms with Crippen molar-refractivity contribution in [3.05, 3.63) is 29.8 Å². The zero-order valence-corrected chi connectivity index (χ0v) is 11.4. The average Bonchev–Trinajstić information content (AvgIpc) is 3.26. The molecule has 1 fully saturated rings. The molecule has 1 aliphatic carbocycles. The van der Waals surface area contributed by atoms with Gasteiger partial charge in [0.05, 0.1) is 13.7 Å². The molecular weight excluding hydrogens is 260 g/mol. The van der Waals surface area contributed by atoms with E-state index >= 15 is 0 Å². The molecule has 0 saturated heterocycles. The molecule has 0 aliphatic heterocycles. The predicted molar refractivity (Wildman–Crippen MR) is 73.8 cm³/mol. The lowest BCUT2D eigenvalue weighted by Gasteiger charge is -2.11. The highest BCUT2D eigenvalue weighted by Crippen LogP contribution is 2.29. The molecule has 20 heavy (non-hydrogen) atoms. The van der Waals surface area contributed by atoms with E-state index in [1.165, 1.54) is 18.9 Å². The van der Waals surface area contributed by atoms with Crippen molar-refractivity contribution in [1.82, 2.24) is 0 Å². The molecule has 0 heterocycles. The first kappa shape index (κ1) is 14.4. The Labute approximate surface area is 117 Å². The van der Waals surface area contributed by atoms with Gasteiger partial charge in [-0.05, 0) is 43.0 Å². The number of aliphatic carboxylic acids is 1. The highest BCUT2D eigenvalue weighted by Gasteiger charge is 2.21. The molecule has 5 nitrogen and oxygen atoms in total. The molecule has 1 saturated carbocycles. The Hall–Kier alpha value is -2.01. The molecule has 1 aliphatic rings. The third-order valence-electron chi connectivity index (χ3n) is 2.97. The Morgan fingerprint density at radius 1 is 1.45 bits per heavy atom. The van der Waals surface area contributed by atoms with Crippen LogP contribution in [0, 0.1) is 5.92 Å². The van der Waals surface area contributed by atoms with Gasteiger partial charge in [0, 0.05) is 11.6 Å². The third-order valence-corrected chi connectivity index (χ3v) is 2.97. The van der Waals surface area contributed by atoms with Crippen molar-refractivity contribution in [1.29, 1.82) is 0 Å². The lowest BCUT2D eigenvalue weighted by Crippen LogP contribution is -2.06. The first-order valence-electron chi connectivity index (χ1n) is 6.48. The van der Waals surface area contributed by atoms with Crippen molar-refractivity contribution < 1.29 is 24.1 Å². The average molecular weight is 278 g/mol. The van der Waals surface area contributed by atoms with Crippen molar-refractivity contribution in [3.63, 3.8) is 0 Å². The van der Waals surface area contributed by atoms with Crippen LogP contribution in [0.5, 0.6) is 11.5 Å². The maximum Gasteiger partial charge on any atom is 0.328 e. The molecule has 1 N–H and O–H groups in total. The first-order chi connectivity index (χ1) is 9.69. The summed E-state index contributed by atoms with van der Waals surface area (Å²) >= 11 is 0. The van der Waals surface area contributed by atoms with E-state index < -0.39 is 5.97 Å².